The molecule has 102 valence electrons. The van der Waals surface area contributed by atoms with Gasteiger partial charge in [-0.2, -0.15) is 0 Å². The van der Waals surface area contributed by atoms with Crippen molar-refractivity contribution >= 4 is 0 Å². The number of benzene rings is 1. The molecule has 0 aliphatic heterocycles. The molecule has 2 nitrogen and oxygen atoms in total. The standard InChI is InChI=1S/C16H28N2/c1-5-12-17-16(11-13-18(4)6-2)15-10-8-7-9-14(15)3/h7-10,16-17H,5-6,11-13H2,1-4H3. The van der Waals surface area contributed by atoms with Gasteiger partial charge in [-0.05, 0) is 57.6 Å². The van der Waals surface area contributed by atoms with Crippen LogP contribution in [0.5, 0.6) is 0 Å². The van der Waals surface area contributed by atoms with Gasteiger partial charge >= 0.3 is 0 Å². The van der Waals surface area contributed by atoms with Crippen molar-refractivity contribution < 1.29 is 0 Å². The van der Waals surface area contributed by atoms with Crippen LogP contribution >= 0.6 is 0 Å². The van der Waals surface area contributed by atoms with E-state index in [-0.39, 0.29) is 0 Å². The van der Waals surface area contributed by atoms with Crippen LogP contribution in [-0.2, 0) is 0 Å². The maximum Gasteiger partial charge on any atom is 0.0335 e. The summed E-state index contributed by atoms with van der Waals surface area (Å²) < 4.78 is 0. The number of nitrogens with zero attached hydrogens (tertiary/aromatic N) is 1. The van der Waals surface area contributed by atoms with Crippen LogP contribution < -0.4 is 5.32 Å². The summed E-state index contributed by atoms with van der Waals surface area (Å²) in [5.74, 6) is 0. The van der Waals surface area contributed by atoms with Crippen LogP contribution in [0.4, 0.5) is 0 Å². The molecule has 0 radical (unpaired) electrons. The normalized spacial score (nSPS) is 12.9. The highest BCUT2D eigenvalue weighted by Gasteiger charge is 2.12. The van der Waals surface area contributed by atoms with E-state index in [1.54, 1.807) is 0 Å². The molecule has 0 saturated heterocycles. The number of hydrogen-bond acceptors (Lipinski definition) is 2. The van der Waals surface area contributed by atoms with E-state index in [4.69, 9.17) is 0 Å². The van der Waals surface area contributed by atoms with E-state index >= 15 is 0 Å². The second kappa shape index (κ2) is 8.28. The fourth-order valence-corrected chi connectivity index (χ4v) is 2.17. The fourth-order valence-electron chi connectivity index (χ4n) is 2.17. The van der Waals surface area contributed by atoms with Gasteiger partial charge in [-0.3, -0.25) is 0 Å². The minimum atomic E-state index is 0.486. The first-order chi connectivity index (χ1) is 8.69. The van der Waals surface area contributed by atoms with Gasteiger partial charge in [-0.25, -0.2) is 0 Å². The van der Waals surface area contributed by atoms with E-state index < -0.39 is 0 Å². The third-order valence-electron chi connectivity index (χ3n) is 3.54. The molecule has 0 aliphatic rings. The largest absolute Gasteiger partial charge is 0.310 e. The average molecular weight is 248 g/mol. The number of aryl methyl sites for hydroxylation is 1. The second-order valence-corrected chi connectivity index (χ2v) is 5.05. The van der Waals surface area contributed by atoms with E-state index in [9.17, 15) is 0 Å². The Morgan fingerprint density at radius 3 is 2.56 bits per heavy atom. The Bertz CT molecular complexity index is 336. The van der Waals surface area contributed by atoms with Gasteiger partial charge in [0, 0.05) is 6.04 Å². The molecule has 0 saturated carbocycles. The van der Waals surface area contributed by atoms with Crippen LogP contribution in [0.15, 0.2) is 24.3 Å². The molecule has 0 aliphatic carbocycles. The second-order valence-electron chi connectivity index (χ2n) is 5.05. The average Bonchev–Trinajstić information content (AvgIpc) is 2.39. The molecule has 0 amide bonds. The summed E-state index contributed by atoms with van der Waals surface area (Å²) in [4.78, 5) is 2.37. The fraction of sp³-hybridized carbons (Fsp3) is 0.625. The van der Waals surface area contributed by atoms with Gasteiger partial charge in [0.25, 0.3) is 0 Å². The van der Waals surface area contributed by atoms with Crippen molar-refractivity contribution in [1.29, 1.82) is 0 Å². The Morgan fingerprint density at radius 2 is 1.94 bits per heavy atom. The molecular weight excluding hydrogens is 220 g/mol. The van der Waals surface area contributed by atoms with Crippen molar-refractivity contribution in [2.24, 2.45) is 0 Å². The molecule has 1 N–H and O–H groups in total. The van der Waals surface area contributed by atoms with Crippen molar-refractivity contribution in [1.82, 2.24) is 10.2 Å². The molecule has 0 bridgehead atoms. The zero-order valence-corrected chi connectivity index (χ0v) is 12.4. The van der Waals surface area contributed by atoms with Gasteiger partial charge in [0.1, 0.15) is 0 Å². The predicted molar refractivity (Wildman–Crippen MR) is 80.0 cm³/mol. The molecule has 1 unspecified atom stereocenters. The monoisotopic (exact) mass is 248 g/mol. The molecular formula is C16H28N2. The van der Waals surface area contributed by atoms with Crippen molar-refractivity contribution in [2.45, 2.75) is 39.7 Å². The first-order valence-electron chi connectivity index (χ1n) is 7.16. The van der Waals surface area contributed by atoms with Gasteiger partial charge in [-0.1, -0.05) is 38.1 Å². The van der Waals surface area contributed by atoms with Gasteiger partial charge < -0.3 is 10.2 Å². The van der Waals surface area contributed by atoms with Crippen LogP contribution in [0.25, 0.3) is 0 Å². The molecule has 1 rings (SSSR count). The molecule has 0 spiro atoms. The summed E-state index contributed by atoms with van der Waals surface area (Å²) in [7, 11) is 2.19. The van der Waals surface area contributed by atoms with Crippen LogP contribution in [0, 0.1) is 6.92 Å². The minimum Gasteiger partial charge on any atom is -0.310 e. The Hall–Kier alpha value is -0.860. The van der Waals surface area contributed by atoms with Crippen LogP contribution in [0.3, 0.4) is 0 Å². The van der Waals surface area contributed by atoms with Gasteiger partial charge in [0.05, 0.1) is 0 Å². The van der Waals surface area contributed by atoms with Gasteiger partial charge in [0.15, 0.2) is 0 Å². The lowest BCUT2D eigenvalue weighted by molar-refractivity contribution is 0.321. The van der Waals surface area contributed by atoms with E-state index in [0.717, 1.165) is 19.6 Å². The number of rotatable bonds is 8. The van der Waals surface area contributed by atoms with E-state index in [0.29, 0.717) is 6.04 Å². The summed E-state index contributed by atoms with van der Waals surface area (Å²) in [6.45, 7) is 10.00. The zero-order chi connectivity index (χ0) is 13.4. The lowest BCUT2D eigenvalue weighted by Gasteiger charge is -2.23. The third-order valence-corrected chi connectivity index (χ3v) is 3.54. The zero-order valence-electron chi connectivity index (χ0n) is 12.4. The van der Waals surface area contributed by atoms with E-state index in [1.807, 2.05) is 0 Å². The first kappa shape index (κ1) is 15.2. The molecule has 0 fully saturated rings. The van der Waals surface area contributed by atoms with E-state index in [2.05, 4.69) is 62.3 Å². The summed E-state index contributed by atoms with van der Waals surface area (Å²) in [5, 5.41) is 3.68. The number of nitrogens with one attached hydrogen (secondary N) is 1. The Labute approximate surface area is 112 Å². The quantitative estimate of drug-likeness (QED) is 0.759. The van der Waals surface area contributed by atoms with Crippen molar-refractivity contribution in [2.75, 3.05) is 26.7 Å². The topological polar surface area (TPSA) is 15.3 Å². The Kier molecular flexibility index (Phi) is 6.99. The Balaban J connectivity index is 2.68. The SMILES string of the molecule is CCCNC(CCN(C)CC)c1ccccc1C. The maximum atomic E-state index is 3.68. The maximum absolute atomic E-state index is 3.68. The summed E-state index contributed by atoms with van der Waals surface area (Å²) in [6.07, 6.45) is 2.36. The molecule has 1 aromatic rings. The first-order valence-corrected chi connectivity index (χ1v) is 7.16. The van der Waals surface area contributed by atoms with Gasteiger partial charge in [-0.15, -0.1) is 0 Å². The third kappa shape index (κ3) is 4.79. The molecule has 0 heterocycles. The minimum absolute atomic E-state index is 0.486. The summed E-state index contributed by atoms with van der Waals surface area (Å²) in [5.41, 5.74) is 2.85. The highest BCUT2D eigenvalue weighted by atomic mass is 15.1. The highest BCUT2D eigenvalue weighted by Crippen LogP contribution is 2.20. The Morgan fingerprint density at radius 1 is 1.22 bits per heavy atom. The lowest BCUT2D eigenvalue weighted by atomic mass is 9.98. The summed E-state index contributed by atoms with van der Waals surface area (Å²) >= 11 is 0. The molecule has 0 aromatic heterocycles. The number of hydrogen-bond donors (Lipinski definition) is 1. The van der Waals surface area contributed by atoms with Crippen LogP contribution in [0.1, 0.15) is 43.9 Å². The van der Waals surface area contributed by atoms with Crippen LogP contribution in [0.2, 0.25) is 0 Å². The smallest absolute Gasteiger partial charge is 0.0335 e. The van der Waals surface area contributed by atoms with Crippen LogP contribution in [-0.4, -0.2) is 31.6 Å². The molecule has 2 heteroatoms. The molecule has 1 atom stereocenters. The highest BCUT2D eigenvalue weighted by molar-refractivity contribution is 5.28. The molecule has 18 heavy (non-hydrogen) atoms. The van der Waals surface area contributed by atoms with Gasteiger partial charge in [0.2, 0.25) is 0 Å². The molecule has 1 aromatic carbocycles. The van der Waals surface area contributed by atoms with Crippen molar-refractivity contribution in [3.8, 4) is 0 Å². The lowest BCUT2D eigenvalue weighted by Crippen LogP contribution is -2.28. The van der Waals surface area contributed by atoms with E-state index in [1.165, 1.54) is 24.0 Å². The van der Waals surface area contributed by atoms with Crippen molar-refractivity contribution in [3.05, 3.63) is 35.4 Å². The summed E-state index contributed by atoms with van der Waals surface area (Å²) in [6, 6.07) is 9.22. The predicted octanol–water partition coefficient (Wildman–Crippen LogP) is 3.38. The van der Waals surface area contributed by atoms with Crippen molar-refractivity contribution in [3.63, 3.8) is 0 Å².